The second-order valence-corrected chi connectivity index (χ2v) is 4.85. The van der Waals surface area contributed by atoms with Gasteiger partial charge in [-0.25, -0.2) is 4.98 Å². The number of hydrogen-bond donors (Lipinski definition) is 0. The minimum absolute atomic E-state index is 0.623. The van der Waals surface area contributed by atoms with Crippen molar-refractivity contribution in [1.82, 2.24) is 9.55 Å². The summed E-state index contributed by atoms with van der Waals surface area (Å²) < 4.78 is 1.98. The van der Waals surface area contributed by atoms with Gasteiger partial charge in [0.05, 0.1) is 6.33 Å². The van der Waals surface area contributed by atoms with Gasteiger partial charge in [-0.3, -0.25) is 4.79 Å². The normalized spacial score (nSPS) is 17.6. The Balaban J connectivity index is 1.92. The first-order valence-corrected chi connectivity index (χ1v) is 6.26. The van der Waals surface area contributed by atoms with E-state index in [1.54, 1.807) is 6.33 Å². The average molecular weight is 220 g/mol. The van der Waals surface area contributed by atoms with E-state index in [1.807, 2.05) is 11.6 Å². The highest BCUT2D eigenvalue weighted by molar-refractivity contribution is 5.73. The lowest BCUT2D eigenvalue weighted by atomic mass is 9.85. The molecule has 0 radical (unpaired) electrons. The van der Waals surface area contributed by atoms with Crippen molar-refractivity contribution in [2.75, 3.05) is 0 Å². The van der Waals surface area contributed by atoms with E-state index in [2.05, 4.69) is 4.98 Å². The number of rotatable bonds is 4. The zero-order valence-corrected chi connectivity index (χ0v) is 9.98. The number of carbonyl (C=O) groups excluding carboxylic acids is 1. The Bertz CT molecular complexity index is 351. The van der Waals surface area contributed by atoms with E-state index in [4.69, 9.17) is 0 Å². The third-order valence-corrected chi connectivity index (χ3v) is 3.72. The van der Waals surface area contributed by atoms with Gasteiger partial charge in [0.2, 0.25) is 0 Å². The van der Waals surface area contributed by atoms with Gasteiger partial charge in [-0.15, -0.1) is 0 Å². The number of aldehydes is 1. The lowest BCUT2D eigenvalue weighted by Gasteiger charge is -2.21. The molecule has 1 fully saturated rings. The molecule has 16 heavy (non-hydrogen) atoms. The SMILES string of the molecule is Cn1cnc(C=O)c1CCC1CCCCC1. The topological polar surface area (TPSA) is 34.9 Å². The summed E-state index contributed by atoms with van der Waals surface area (Å²) in [6.07, 6.45) is 11.7. The third-order valence-electron chi connectivity index (χ3n) is 3.72. The van der Waals surface area contributed by atoms with Crippen LogP contribution in [0.2, 0.25) is 0 Å². The van der Waals surface area contributed by atoms with Crippen LogP contribution >= 0.6 is 0 Å². The number of nitrogens with zero attached hydrogens (tertiary/aromatic N) is 2. The van der Waals surface area contributed by atoms with Gasteiger partial charge in [-0.05, 0) is 18.8 Å². The highest BCUT2D eigenvalue weighted by atomic mass is 16.1. The van der Waals surface area contributed by atoms with Crippen molar-refractivity contribution in [3.63, 3.8) is 0 Å². The van der Waals surface area contributed by atoms with Crippen LogP contribution in [0.1, 0.15) is 54.7 Å². The largest absolute Gasteiger partial charge is 0.337 e. The van der Waals surface area contributed by atoms with Crippen LogP contribution in [0.5, 0.6) is 0 Å². The Hall–Kier alpha value is -1.12. The van der Waals surface area contributed by atoms with Crippen molar-refractivity contribution in [1.29, 1.82) is 0 Å². The highest BCUT2D eigenvalue weighted by Gasteiger charge is 2.15. The first-order chi connectivity index (χ1) is 7.81. The maximum Gasteiger partial charge on any atom is 0.170 e. The van der Waals surface area contributed by atoms with Crippen LogP contribution in [-0.2, 0) is 13.5 Å². The van der Waals surface area contributed by atoms with E-state index >= 15 is 0 Å². The fraction of sp³-hybridized carbons (Fsp3) is 0.692. The molecule has 0 unspecified atom stereocenters. The maximum absolute atomic E-state index is 10.8. The van der Waals surface area contributed by atoms with Gasteiger partial charge in [0.15, 0.2) is 6.29 Å². The van der Waals surface area contributed by atoms with Crippen molar-refractivity contribution >= 4 is 6.29 Å². The standard InChI is InChI=1S/C13H20N2O/c1-15-10-14-12(9-16)13(15)8-7-11-5-3-2-4-6-11/h9-11H,2-8H2,1H3. The molecule has 0 atom stereocenters. The monoisotopic (exact) mass is 220 g/mol. The smallest absolute Gasteiger partial charge is 0.170 e. The molecule has 88 valence electrons. The molecule has 0 saturated heterocycles. The summed E-state index contributed by atoms with van der Waals surface area (Å²) >= 11 is 0. The molecule has 0 amide bonds. The summed E-state index contributed by atoms with van der Waals surface area (Å²) in [7, 11) is 1.97. The lowest BCUT2D eigenvalue weighted by Crippen LogP contribution is -2.09. The second kappa shape index (κ2) is 5.28. The van der Waals surface area contributed by atoms with Gasteiger partial charge < -0.3 is 4.57 Å². The fourth-order valence-electron chi connectivity index (χ4n) is 2.69. The van der Waals surface area contributed by atoms with Crippen molar-refractivity contribution in [3.05, 3.63) is 17.7 Å². The Morgan fingerprint density at radius 2 is 2.19 bits per heavy atom. The molecule has 2 rings (SSSR count). The van der Waals surface area contributed by atoms with Crippen LogP contribution in [-0.4, -0.2) is 15.8 Å². The quantitative estimate of drug-likeness (QED) is 0.731. The van der Waals surface area contributed by atoms with Crippen LogP contribution < -0.4 is 0 Å². The first-order valence-electron chi connectivity index (χ1n) is 6.26. The number of aryl methyl sites for hydroxylation is 1. The Morgan fingerprint density at radius 3 is 2.88 bits per heavy atom. The van der Waals surface area contributed by atoms with Crippen molar-refractivity contribution < 1.29 is 4.79 Å². The van der Waals surface area contributed by atoms with Crippen molar-refractivity contribution in [3.8, 4) is 0 Å². The number of imidazole rings is 1. The summed E-state index contributed by atoms with van der Waals surface area (Å²) in [6.45, 7) is 0. The molecule has 0 spiro atoms. The van der Waals surface area contributed by atoms with Gasteiger partial charge >= 0.3 is 0 Å². The molecule has 1 heterocycles. The Labute approximate surface area is 96.9 Å². The number of carbonyl (C=O) groups is 1. The van der Waals surface area contributed by atoms with Gasteiger partial charge in [-0.2, -0.15) is 0 Å². The van der Waals surface area contributed by atoms with Crippen molar-refractivity contribution in [2.45, 2.75) is 44.9 Å². The predicted octanol–water partition coefficient (Wildman–Crippen LogP) is 2.75. The van der Waals surface area contributed by atoms with Crippen LogP contribution in [0.4, 0.5) is 0 Å². The summed E-state index contributed by atoms with van der Waals surface area (Å²) in [4.78, 5) is 14.9. The van der Waals surface area contributed by atoms with Crippen LogP contribution in [0.25, 0.3) is 0 Å². The molecule has 0 bridgehead atoms. The minimum atomic E-state index is 0.623. The van der Waals surface area contributed by atoms with Crippen LogP contribution in [0.15, 0.2) is 6.33 Å². The van der Waals surface area contributed by atoms with E-state index in [9.17, 15) is 4.79 Å². The zero-order valence-electron chi connectivity index (χ0n) is 9.98. The van der Waals surface area contributed by atoms with Gasteiger partial charge in [0.25, 0.3) is 0 Å². The summed E-state index contributed by atoms with van der Waals surface area (Å²) in [5.74, 6) is 0.864. The molecule has 3 nitrogen and oxygen atoms in total. The zero-order chi connectivity index (χ0) is 11.4. The van der Waals surface area contributed by atoms with Crippen molar-refractivity contribution in [2.24, 2.45) is 13.0 Å². The lowest BCUT2D eigenvalue weighted by molar-refractivity contribution is 0.111. The highest BCUT2D eigenvalue weighted by Crippen LogP contribution is 2.27. The molecule has 1 aromatic heterocycles. The van der Waals surface area contributed by atoms with Gasteiger partial charge in [0.1, 0.15) is 5.69 Å². The minimum Gasteiger partial charge on any atom is -0.337 e. The molecule has 0 aromatic carbocycles. The first kappa shape index (κ1) is 11.4. The van der Waals surface area contributed by atoms with E-state index in [1.165, 1.54) is 38.5 Å². The van der Waals surface area contributed by atoms with E-state index in [0.29, 0.717) is 5.69 Å². The molecule has 0 aliphatic heterocycles. The molecular formula is C13H20N2O. The molecule has 1 aromatic rings. The average Bonchev–Trinajstić information content (AvgIpc) is 2.69. The molecular weight excluding hydrogens is 200 g/mol. The van der Waals surface area contributed by atoms with E-state index < -0.39 is 0 Å². The molecule has 1 aliphatic carbocycles. The summed E-state index contributed by atoms with van der Waals surface area (Å²) in [5, 5.41) is 0. The Kier molecular flexibility index (Phi) is 3.75. The molecule has 1 aliphatic rings. The maximum atomic E-state index is 10.8. The van der Waals surface area contributed by atoms with Gasteiger partial charge in [0, 0.05) is 12.7 Å². The van der Waals surface area contributed by atoms with Crippen LogP contribution in [0, 0.1) is 5.92 Å². The van der Waals surface area contributed by atoms with E-state index in [-0.39, 0.29) is 0 Å². The Morgan fingerprint density at radius 1 is 1.44 bits per heavy atom. The second-order valence-electron chi connectivity index (χ2n) is 4.85. The molecule has 1 saturated carbocycles. The van der Waals surface area contributed by atoms with Crippen LogP contribution in [0.3, 0.4) is 0 Å². The number of hydrogen-bond acceptors (Lipinski definition) is 2. The van der Waals surface area contributed by atoms with E-state index in [0.717, 1.165) is 24.3 Å². The predicted molar refractivity (Wildman–Crippen MR) is 63.5 cm³/mol. The third kappa shape index (κ3) is 2.52. The molecule has 0 N–H and O–H groups in total. The fourth-order valence-corrected chi connectivity index (χ4v) is 2.69. The molecule has 3 heteroatoms. The number of aromatic nitrogens is 2. The van der Waals surface area contributed by atoms with Gasteiger partial charge in [-0.1, -0.05) is 32.1 Å². The summed E-state index contributed by atoms with van der Waals surface area (Å²) in [5.41, 5.74) is 1.72. The summed E-state index contributed by atoms with van der Waals surface area (Å²) in [6, 6.07) is 0.